The second-order valence-electron chi connectivity index (χ2n) is 8.70. The van der Waals surface area contributed by atoms with Crippen LogP contribution in [0.4, 0.5) is 0 Å². The van der Waals surface area contributed by atoms with Gasteiger partial charge in [-0.15, -0.1) is 11.3 Å². The van der Waals surface area contributed by atoms with Crippen molar-refractivity contribution in [1.82, 2.24) is 24.2 Å². The largest absolute Gasteiger partial charge is 0.339 e. The molecule has 2 aromatic carbocycles. The van der Waals surface area contributed by atoms with E-state index in [1.165, 1.54) is 11.9 Å². The lowest BCUT2D eigenvalue weighted by Gasteiger charge is -2.19. The molecule has 0 spiro atoms. The maximum absolute atomic E-state index is 13.2. The van der Waals surface area contributed by atoms with Gasteiger partial charge in [-0.2, -0.15) is 4.31 Å². The van der Waals surface area contributed by atoms with Crippen LogP contribution in [0, 0.1) is 6.92 Å². The number of aromatic nitrogens is 3. The first-order valence-electron chi connectivity index (χ1n) is 11.2. The summed E-state index contributed by atoms with van der Waals surface area (Å²) in [6.45, 7) is 3.51. The first kappa shape index (κ1) is 22.9. The van der Waals surface area contributed by atoms with Crippen LogP contribution >= 0.6 is 11.3 Å². The number of hydrogen-bond donors (Lipinski definition) is 1. The molecular weight excluding hydrogens is 466 g/mol. The number of hydrogen-bond acceptors (Lipinski definition) is 6. The molecule has 1 fully saturated rings. The second kappa shape index (κ2) is 9.42. The minimum Gasteiger partial charge on any atom is -0.339 e. The normalized spacial score (nSPS) is 19.0. The predicted octanol–water partition coefficient (Wildman–Crippen LogP) is 3.80. The summed E-state index contributed by atoms with van der Waals surface area (Å²) in [4.78, 5) is 9.81. The van der Waals surface area contributed by atoms with Crippen LogP contribution in [0.25, 0.3) is 10.6 Å². The van der Waals surface area contributed by atoms with E-state index >= 15 is 0 Å². The van der Waals surface area contributed by atoms with Gasteiger partial charge >= 0.3 is 0 Å². The molecule has 0 saturated carbocycles. The van der Waals surface area contributed by atoms with Crippen molar-refractivity contribution in [3.8, 4) is 10.6 Å². The number of aryl methyl sites for hydroxylation is 2. The topological polar surface area (TPSA) is 80.1 Å². The second-order valence-corrected chi connectivity index (χ2v) is 11.7. The molecule has 1 saturated heterocycles. The number of rotatable bonds is 7. The molecule has 5 rings (SSSR count). The lowest BCUT2D eigenvalue weighted by molar-refractivity contribution is 0.454. The molecule has 3 heterocycles. The van der Waals surface area contributed by atoms with Crippen LogP contribution in [0.5, 0.6) is 0 Å². The quantitative estimate of drug-likeness (QED) is 0.424. The highest BCUT2D eigenvalue weighted by Gasteiger charge is 2.40. The minimum atomic E-state index is -3.66. The van der Waals surface area contributed by atoms with Crippen molar-refractivity contribution in [1.29, 1.82) is 0 Å². The van der Waals surface area contributed by atoms with Crippen molar-refractivity contribution in [2.45, 2.75) is 30.5 Å². The van der Waals surface area contributed by atoms with Gasteiger partial charge < -0.3 is 9.88 Å². The molecule has 1 aliphatic rings. The molecule has 4 aromatic rings. The third kappa shape index (κ3) is 4.69. The van der Waals surface area contributed by atoms with Gasteiger partial charge in [-0.3, -0.25) is 0 Å². The van der Waals surface area contributed by atoms with Gasteiger partial charge in [0.2, 0.25) is 0 Å². The van der Waals surface area contributed by atoms with Gasteiger partial charge in [0, 0.05) is 61.5 Å². The molecule has 34 heavy (non-hydrogen) atoms. The van der Waals surface area contributed by atoms with Gasteiger partial charge in [-0.25, -0.2) is 18.4 Å². The van der Waals surface area contributed by atoms with Crippen molar-refractivity contribution in [3.63, 3.8) is 0 Å². The molecular formula is C25H27N5O2S2. The first-order chi connectivity index (χ1) is 16.4. The monoisotopic (exact) mass is 493 g/mol. The van der Waals surface area contributed by atoms with E-state index in [4.69, 9.17) is 0 Å². The van der Waals surface area contributed by atoms with E-state index in [0.717, 1.165) is 21.0 Å². The molecule has 2 atom stereocenters. The molecule has 1 N–H and O–H groups in total. The lowest BCUT2D eigenvalue weighted by atomic mass is 9.94. The highest BCUT2D eigenvalue weighted by atomic mass is 32.2. The Morgan fingerprint density at radius 2 is 1.82 bits per heavy atom. The summed E-state index contributed by atoms with van der Waals surface area (Å²) in [5.74, 6) is 0.0455. The fraction of sp³-hybridized carbons (Fsp3) is 0.280. The Hall–Kier alpha value is -2.85. The van der Waals surface area contributed by atoms with Crippen molar-refractivity contribution >= 4 is 21.4 Å². The van der Waals surface area contributed by atoms with Crippen LogP contribution < -0.4 is 5.32 Å². The van der Waals surface area contributed by atoms with E-state index in [2.05, 4.69) is 58.6 Å². The number of imidazole rings is 1. The molecule has 0 aliphatic carbocycles. The van der Waals surface area contributed by atoms with Crippen LogP contribution in [0.3, 0.4) is 0 Å². The summed E-state index contributed by atoms with van der Waals surface area (Å²) in [5.41, 5.74) is 3.46. The Kier molecular flexibility index (Phi) is 6.35. The number of thiazole rings is 1. The summed E-state index contributed by atoms with van der Waals surface area (Å²) in [5, 5.41) is 4.70. The van der Waals surface area contributed by atoms with Gasteiger partial charge in [0.15, 0.2) is 5.03 Å². The van der Waals surface area contributed by atoms with E-state index < -0.39 is 10.0 Å². The Morgan fingerprint density at radius 1 is 1.06 bits per heavy atom. The zero-order chi connectivity index (χ0) is 23.7. The number of nitrogens with one attached hydrogen (secondary N) is 1. The van der Waals surface area contributed by atoms with Gasteiger partial charge in [0.1, 0.15) is 5.01 Å². The zero-order valence-corrected chi connectivity index (χ0v) is 20.8. The van der Waals surface area contributed by atoms with E-state index in [1.54, 1.807) is 33.5 Å². The van der Waals surface area contributed by atoms with Crippen LogP contribution in [0.1, 0.15) is 21.9 Å². The minimum absolute atomic E-state index is 0.0224. The summed E-state index contributed by atoms with van der Waals surface area (Å²) < 4.78 is 29.7. The third-order valence-electron chi connectivity index (χ3n) is 6.19. The van der Waals surface area contributed by atoms with Gasteiger partial charge in [0.25, 0.3) is 10.0 Å². The molecule has 0 amide bonds. The Labute approximate surface area is 204 Å². The van der Waals surface area contributed by atoms with E-state index in [-0.39, 0.29) is 17.0 Å². The summed E-state index contributed by atoms with van der Waals surface area (Å²) >= 11 is 1.66. The first-order valence-corrected chi connectivity index (χ1v) is 13.4. The predicted molar refractivity (Wildman–Crippen MR) is 134 cm³/mol. The number of sulfonamides is 1. The summed E-state index contributed by atoms with van der Waals surface area (Å²) in [6.07, 6.45) is 4.97. The number of benzene rings is 2. The van der Waals surface area contributed by atoms with Crippen molar-refractivity contribution < 1.29 is 8.42 Å². The molecule has 9 heteroatoms. The molecule has 2 aromatic heterocycles. The van der Waals surface area contributed by atoms with Crippen molar-refractivity contribution in [2.24, 2.45) is 7.05 Å². The fourth-order valence-electron chi connectivity index (χ4n) is 4.31. The smallest absolute Gasteiger partial charge is 0.262 e. The fourth-order valence-corrected chi connectivity index (χ4v) is 6.64. The van der Waals surface area contributed by atoms with Crippen molar-refractivity contribution in [2.75, 3.05) is 13.1 Å². The molecule has 0 bridgehead atoms. The molecule has 7 nitrogen and oxygen atoms in total. The molecule has 0 unspecified atom stereocenters. The Morgan fingerprint density at radius 3 is 2.53 bits per heavy atom. The highest BCUT2D eigenvalue weighted by Crippen LogP contribution is 2.32. The summed E-state index contributed by atoms with van der Waals surface area (Å²) in [6, 6.07) is 18.5. The average molecular weight is 494 g/mol. The molecule has 176 valence electrons. The Balaban J connectivity index is 1.34. The van der Waals surface area contributed by atoms with Gasteiger partial charge in [0.05, 0.1) is 6.33 Å². The number of nitrogens with zero attached hydrogens (tertiary/aromatic N) is 4. The molecule has 1 aliphatic heterocycles. The molecule has 0 radical (unpaired) electrons. The van der Waals surface area contributed by atoms with Gasteiger partial charge in [-0.05, 0) is 12.5 Å². The zero-order valence-electron chi connectivity index (χ0n) is 19.1. The van der Waals surface area contributed by atoms with E-state index in [0.29, 0.717) is 19.6 Å². The Bertz CT molecular complexity index is 1360. The highest BCUT2D eigenvalue weighted by molar-refractivity contribution is 7.89. The van der Waals surface area contributed by atoms with Crippen LogP contribution in [0.2, 0.25) is 0 Å². The van der Waals surface area contributed by atoms with E-state index in [9.17, 15) is 8.42 Å². The summed E-state index contributed by atoms with van der Waals surface area (Å²) in [7, 11) is -1.89. The maximum atomic E-state index is 13.2. The van der Waals surface area contributed by atoms with E-state index in [1.807, 2.05) is 24.4 Å². The van der Waals surface area contributed by atoms with Crippen LogP contribution in [-0.2, 0) is 23.6 Å². The SMILES string of the molecule is Cc1ccc(-c2ncc(CN[C@H]3CN(S(=O)(=O)c4cn(C)cn4)C[C@@H]3c3ccccc3)s2)cc1. The lowest BCUT2D eigenvalue weighted by Crippen LogP contribution is -2.36. The average Bonchev–Trinajstić information content (AvgIpc) is 3.59. The van der Waals surface area contributed by atoms with Crippen LogP contribution in [-0.4, -0.2) is 46.4 Å². The van der Waals surface area contributed by atoms with Crippen LogP contribution in [0.15, 0.2) is 78.3 Å². The van der Waals surface area contributed by atoms with Gasteiger partial charge in [-0.1, -0.05) is 60.2 Å². The standard InChI is InChI=1S/C25H27N5O2S2/c1-18-8-10-20(11-9-18)25-27-13-21(33-25)12-26-23-15-30(14-22(23)19-6-4-3-5-7-19)34(31,32)24-16-29(2)17-28-24/h3-11,13,16-17,22-23,26H,12,14-15H2,1-2H3/t22-,23+/m1/s1. The maximum Gasteiger partial charge on any atom is 0.262 e. The van der Waals surface area contributed by atoms with Crippen molar-refractivity contribution in [3.05, 3.63) is 89.3 Å². The third-order valence-corrected chi connectivity index (χ3v) is 8.95.